The fraction of sp³-hybridized carbons (Fsp3) is 0.158. The number of aromatic nitrogens is 3. The van der Waals surface area contributed by atoms with E-state index in [2.05, 4.69) is 15.4 Å². The van der Waals surface area contributed by atoms with E-state index < -0.39 is 6.10 Å². The third-order valence-electron chi connectivity index (χ3n) is 3.70. The molecule has 1 amide bonds. The number of amides is 1. The molecular formula is C19H17N5O2. The van der Waals surface area contributed by atoms with Gasteiger partial charge in [0.1, 0.15) is 11.8 Å². The summed E-state index contributed by atoms with van der Waals surface area (Å²) in [5.74, 6) is 0.798. The highest BCUT2D eigenvalue weighted by Gasteiger charge is 2.16. The molecule has 0 spiro atoms. The van der Waals surface area contributed by atoms with Crippen LogP contribution in [-0.4, -0.2) is 26.8 Å². The Kier molecular flexibility index (Phi) is 5.25. The molecule has 1 atom stereocenters. The monoisotopic (exact) mass is 347 g/mol. The van der Waals surface area contributed by atoms with Crippen molar-refractivity contribution in [2.45, 2.75) is 19.6 Å². The van der Waals surface area contributed by atoms with Crippen LogP contribution in [0.25, 0.3) is 5.82 Å². The van der Waals surface area contributed by atoms with Crippen molar-refractivity contribution < 1.29 is 9.53 Å². The molecule has 0 unspecified atom stereocenters. The summed E-state index contributed by atoms with van der Waals surface area (Å²) in [6, 6.07) is 14.4. The second-order valence-corrected chi connectivity index (χ2v) is 5.56. The first-order valence-corrected chi connectivity index (χ1v) is 8.06. The summed E-state index contributed by atoms with van der Waals surface area (Å²) < 4.78 is 7.26. The van der Waals surface area contributed by atoms with Crippen LogP contribution in [0.1, 0.15) is 18.1 Å². The van der Waals surface area contributed by atoms with Gasteiger partial charge in [-0.3, -0.25) is 4.79 Å². The highest BCUT2D eigenvalue weighted by atomic mass is 16.5. The van der Waals surface area contributed by atoms with Gasteiger partial charge in [-0.25, -0.2) is 9.67 Å². The topological polar surface area (TPSA) is 92.8 Å². The Bertz CT molecular complexity index is 931. The highest BCUT2D eigenvalue weighted by Crippen LogP contribution is 2.18. The Balaban J connectivity index is 1.60. The third-order valence-corrected chi connectivity index (χ3v) is 3.70. The molecule has 1 aromatic carbocycles. The number of ether oxygens (including phenoxy) is 1. The molecule has 3 aromatic rings. The van der Waals surface area contributed by atoms with Crippen LogP contribution >= 0.6 is 0 Å². The first-order chi connectivity index (χ1) is 12.7. The molecule has 1 N–H and O–H groups in total. The van der Waals surface area contributed by atoms with Crippen LogP contribution in [0.2, 0.25) is 0 Å². The van der Waals surface area contributed by atoms with E-state index in [0.717, 1.165) is 5.56 Å². The third kappa shape index (κ3) is 4.05. The van der Waals surface area contributed by atoms with Crippen LogP contribution < -0.4 is 10.1 Å². The molecule has 0 saturated heterocycles. The maximum absolute atomic E-state index is 12.3. The zero-order valence-corrected chi connectivity index (χ0v) is 14.2. The summed E-state index contributed by atoms with van der Waals surface area (Å²) in [4.78, 5) is 16.5. The molecule has 0 aliphatic heterocycles. The molecule has 7 heteroatoms. The van der Waals surface area contributed by atoms with Gasteiger partial charge in [0.05, 0.1) is 5.56 Å². The van der Waals surface area contributed by atoms with Crippen molar-refractivity contribution in [2.75, 3.05) is 0 Å². The lowest BCUT2D eigenvalue weighted by Gasteiger charge is -2.15. The smallest absolute Gasteiger partial charge is 0.261 e. The van der Waals surface area contributed by atoms with Gasteiger partial charge in [-0.15, -0.1) is 0 Å². The van der Waals surface area contributed by atoms with Crippen molar-refractivity contribution in [3.8, 4) is 17.6 Å². The van der Waals surface area contributed by atoms with Gasteiger partial charge in [0.25, 0.3) is 5.91 Å². The lowest BCUT2D eigenvalue weighted by atomic mass is 10.2. The molecule has 0 aliphatic rings. The summed E-state index contributed by atoms with van der Waals surface area (Å²) in [6.45, 7) is 1.98. The van der Waals surface area contributed by atoms with E-state index in [1.807, 2.05) is 24.3 Å². The highest BCUT2D eigenvalue weighted by molar-refractivity contribution is 5.80. The molecule has 0 aliphatic carbocycles. The van der Waals surface area contributed by atoms with Gasteiger partial charge in [0.15, 0.2) is 11.9 Å². The van der Waals surface area contributed by atoms with Gasteiger partial charge < -0.3 is 10.1 Å². The van der Waals surface area contributed by atoms with Gasteiger partial charge >= 0.3 is 0 Å². The van der Waals surface area contributed by atoms with Crippen molar-refractivity contribution >= 4 is 5.91 Å². The number of nitrogens with zero attached hydrogens (tertiary/aromatic N) is 4. The van der Waals surface area contributed by atoms with E-state index in [-0.39, 0.29) is 5.91 Å². The minimum absolute atomic E-state index is 0.268. The van der Waals surface area contributed by atoms with E-state index in [9.17, 15) is 4.79 Å². The fourth-order valence-electron chi connectivity index (χ4n) is 2.34. The molecule has 26 heavy (non-hydrogen) atoms. The van der Waals surface area contributed by atoms with Crippen molar-refractivity contribution in [3.05, 3.63) is 72.2 Å². The van der Waals surface area contributed by atoms with Crippen LogP contribution in [0.4, 0.5) is 0 Å². The van der Waals surface area contributed by atoms with Crippen LogP contribution in [0.5, 0.6) is 5.75 Å². The molecule has 7 nitrogen and oxygen atoms in total. The number of para-hydroxylation sites is 1. The van der Waals surface area contributed by atoms with E-state index in [0.29, 0.717) is 23.7 Å². The van der Waals surface area contributed by atoms with Gasteiger partial charge in [-0.1, -0.05) is 12.1 Å². The molecule has 0 bridgehead atoms. The van der Waals surface area contributed by atoms with Gasteiger partial charge in [-0.2, -0.15) is 10.4 Å². The Labute approximate surface area is 150 Å². The number of benzene rings is 1. The molecule has 2 heterocycles. The number of hydrogen-bond acceptors (Lipinski definition) is 5. The SMILES string of the molecule is C[C@@H](Oc1ccccc1C#N)C(=O)NCc1ccnc(-n2cccn2)c1. The molecule has 130 valence electrons. The average Bonchev–Trinajstić information content (AvgIpc) is 3.21. The van der Waals surface area contributed by atoms with Crippen molar-refractivity contribution in [3.63, 3.8) is 0 Å². The van der Waals surface area contributed by atoms with Crippen LogP contribution in [0.3, 0.4) is 0 Å². The molecule has 3 rings (SSSR count). The number of carbonyl (C=O) groups is 1. The number of carbonyl (C=O) groups excluding carboxylic acids is 1. The number of nitrogens with one attached hydrogen (secondary N) is 1. The second kappa shape index (κ2) is 7.94. The first-order valence-electron chi connectivity index (χ1n) is 8.06. The van der Waals surface area contributed by atoms with Gasteiger partial charge in [0.2, 0.25) is 0 Å². The summed E-state index contributed by atoms with van der Waals surface area (Å²) in [5.41, 5.74) is 1.29. The standard InChI is InChI=1S/C19H17N5O2/c1-14(26-17-6-3-2-5-16(17)12-20)19(25)22-13-15-7-9-21-18(11-15)24-10-4-8-23-24/h2-11,14H,13H2,1H3,(H,22,25)/t14-/m1/s1. The molecular weight excluding hydrogens is 330 g/mol. The van der Waals surface area contributed by atoms with Gasteiger partial charge in [-0.05, 0) is 42.8 Å². The summed E-state index contributed by atoms with van der Waals surface area (Å²) in [6.07, 6.45) is 4.42. The lowest BCUT2D eigenvalue weighted by molar-refractivity contribution is -0.127. The van der Waals surface area contributed by atoms with Crippen molar-refractivity contribution in [1.82, 2.24) is 20.1 Å². The predicted molar refractivity (Wildman–Crippen MR) is 94.5 cm³/mol. The van der Waals surface area contributed by atoms with E-state index in [4.69, 9.17) is 10.00 Å². The Morgan fingerprint density at radius 2 is 2.15 bits per heavy atom. The molecule has 0 fully saturated rings. The maximum Gasteiger partial charge on any atom is 0.261 e. The van der Waals surface area contributed by atoms with Crippen molar-refractivity contribution in [2.24, 2.45) is 0 Å². The largest absolute Gasteiger partial charge is 0.480 e. The number of pyridine rings is 1. The zero-order chi connectivity index (χ0) is 18.4. The number of rotatable bonds is 6. The Morgan fingerprint density at radius 3 is 2.92 bits per heavy atom. The quantitative estimate of drug-likeness (QED) is 0.738. The normalized spacial score (nSPS) is 11.4. The lowest BCUT2D eigenvalue weighted by Crippen LogP contribution is -2.36. The van der Waals surface area contributed by atoms with E-state index in [1.165, 1.54) is 0 Å². The fourth-order valence-corrected chi connectivity index (χ4v) is 2.34. The van der Waals surface area contributed by atoms with Crippen LogP contribution in [0.15, 0.2) is 61.1 Å². The second-order valence-electron chi connectivity index (χ2n) is 5.56. The van der Waals surface area contributed by atoms with E-state index in [1.54, 1.807) is 54.5 Å². The number of hydrogen-bond donors (Lipinski definition) is 1. The predicted octanol–water partition coefficient (Wildman–Crippen LogP) is 2.22. The zero-order valence-electron chi connectivity index (χ0n) is 14.2. The average molecular weight is 347 g/mol. The summed E-state index contributed by atoms with van der Waals surface area (Å²) in [5, 5.41) is 16.0. The molecule has 0 radical (unpaired) electrons. The maximum atomic E-state index is 12.3. The Hall–Kier alpha value is -3.66. The summed E-state index contributed by atoms with van der Waals surface area (Å²) in [7, 11) is 0. The summed E-state index contributed by atoms with van der Waals surface area (Å²) >= 11 is 0. The van der Waals surface area contributed by atoms with E-state index >= 15 is 0 Å². The molecule has 0 saturated carbocycles. The van der Waals surface area contributed by atoms with Crippen molar-refractivity contribution in [1.29, 1.82) is 5.26 Å². The minimum Gasteiger partial charge on any atom is -0.480 e. The minimum atomic E-state index is -0.725. The number of nitriles is 1. The Morgan fingerprint density at radius 1 is 1.31 bits per heavy atom. The molecule has 2 aromatic heterocycles. The van der Waals surface area contributed by atoms with Gasteiger partial charge in [0, 0.05) is 25.1 Å². The first kappa shape index (κ1) is 17.2. The van der Waals surface area contributed by atoms with Crippen LogP contribution in [-0.2, 0) is 11.3 Å². The van der Waals surface area contributed by atoms with Crippen LogP contribution in [0, 0.1) is 11.3 Å².